The molecule has 13 heavy (non-hydrogen) atoms. The van der Waals surface area contributed by atoms with E-state index in [-0.39, 0.29) is 11.5 Å². The standard InChI is InChI=1S/C7H5BF4N/c9-7-2-4-13-5-6(7)1-3-8(10,11)12/h1-5H/q-1/b3-1+. The fourth-order valence-electron chi connectivity index (χ4n) is 0.725. The van der Waals surface area contributed by atoms with Gasteiger partial charge in [0.1, 0.15) is 5.82 Å². The van der Waals surface area contributed by atoms with Gasteiger partial charge in [0.2, 0.25) is 0 Å². The Balaban J connectivity index is 2.86. The Morgan fingerprint density at radius 3 is 2.54 bits per heavy atom. The average Bonchev–Trinajstić information content (AvgIpc) is 2.01. The molecule has 0 aliphatic heterocycles. The van der Waals surface area contributed by atoms with Gasteiger partial charge in [0.25, 0.3) is 0 Å². The van der Waals surface area contributed by atoms with Crippen molar-refractivity contribution in [2.24, 2.45) is 0 Å². The second kappa shape index (κ2) is 3.59. The van der Waals surface area contributed by atoms with Crippen LogP contribution in [-0.4, -0.2) is 12.0 Å². The number of hydrogen-bond acceptors (Lipinski definition) is 1. The highest BCUT2D eigenvalue weighted by molar-refractivity contribution is 6.64. The first-order valence-corrected chi connectivity index (χ1v) is 3.48. The number of pyridine rings is 1. The van der Waals surface area contributed by atoms with E-state index in [1.54, 1.807) is 0 Å². The second-order valence-electron chi connectivity index (χ2n) is 2.38. The van der Waals surface area contributed by atoms with E-state index in [4.69, 9.17) is 0 Å². The lowest BCUT2D eigenvalue weighted by Crippen LogP contribution is -2.09. The molecular formula is C7H5BF4N-. The van der Waals surface area contributed by atoms with Gasteiger partial charge in [-0.3, -0.25) is 4.98 Å². The van der Waals surface area contributed by atoms with Crippen molar-refractivity contribution in [3.8, 4) is 0 Å². The molecule has 0 radical (unpaired) electrons. The molecular weight excluding hydrogens is 185 g/mol. The lowest BCUT2D eigenvalue weighted by Gasteiger charge is -2.06. The van der Waals surface area contributed by atoms with Crippen LogP contribution in [0.25, 0.3) is 6.08 Å². The molecule has 0 saturated carbocycles. The van der Waals surface area contributed by atoms with Crippen LogP contribution in [0.1, 0.15) is 5.56 Å². The van der Waals surface area contributed by atoms with Gasteiger partial charge in [-0.25, -0.2) is 4.39 Å². The molecule has 1 aromatic rings. The first-order chi connectivity index (χ1) is 5.99. The third kappa shape index (κ3) is 3.27. The van der Waals surface area contributed by atoms with Gasteiger partial charge in [-0.05, 0) is 6.07 Å². The van der Waals surface area contributed by atoms with Crippen molar-refractivity contribution < 1.29 is 17.3 Å². The molecule has 1 nitrogen and oxygen atoms in total. The summed E-state index contributed by atoms with van der Waals surface area (Å²) in [6.45, 7) is -5.02. The molecule has 1 rings (SSSR count). The molecule has 0 aliphatic rings. The summed E-state index contributed by atoms with van der Waals surface area (Å²) in [4.78, 5) is 3.49. The molecule has 0 aliphatic carbocycles. The summed E-state index contributed by atoms with van der Waals surface area (Å²) in [6, 6.07) is 1.00. The molecule has 0 fully saturated rings. The zero-order valence-electron chi connectivity index (χ0n) is 6.42. The normalized spacial score (nSPS) is 12.3. The Hall–Kier alpha value is -1.33. The molecule has 6 heteroatoms. The van der Waals surface area contributed by atoms with Crippen molar-refractivity contribution in [1.82, 2.24) is 4.98 Å². The molecule has 0 spiro atoms. The quantitative estimate of drug-likeness (QED) is 0.515. The Morgan fingerprint density at radius 1 is 1.31 bits per heavy atom. The number of rotatable bonds is 2. The second-order valence-corrected chi connectivity index (χ2v) is 2.38. The van der Waals surface area contributed by atoms with E-state index < -0.39 is 12.8 Å². The minimum Gasteiger partial charge on any atom is -0.445 e. The zero-order valence-corrected chi connectivity index (χ0v) is 6.42. The van der Waals surface area contributed by atoms with E-state index in [9.17, 15) is 17.3 Å². The lowest BCUT2D eigenvalue weighted by molar-refractivity contribution is 0.499. The highest BCUT2D eigenvalue weighted by Gasteiger charge is 2.17. The molecule has 0 N–H and O–H groups in total. The zero-order chi connectivity index (χ0) is 9.90. The van der Waals surface area contributed by atoms with E-state index in [1.165, 1.54) is 6.20 Å². The van der Waals surface area contributed by atoms with Crippen molar-refractivity contribution in [3.63, 3.8) is 0 Å². The van der Waals surface area contributed by atoms with Crippen LogP contribution in [0.4, 0.5) is 17.3 Å². The van der Waals surface area contributed by atoms with Crippen LogP contribution < -0.4 is 0 Å². The van der Waals surface area contributed by atoms with Crippen molar-refractivity contribution in [2.75, 3.05) is 0 Å². The third-order valence-corrected chi connectivity index (χ3v) is 1.29. The summed E-state index contributed by atoms with van der Waals surface area (Å²) in [6.07, 6.45) is 2.88. The number of nitrogens with zero attached hydrogens (tertiary/aromatic N) is 1. The first kappa shape index (κ1) is 9.76. The van der Waals surface area contributed by atoms with E-state index in [1.807, 2.05) is 0 Å². The molecule has 0 aromatic carbocycles. The summed E-state index contributed by atoms with van der Waals surface area (Å²) in [5.41, 5.74) is -0.165. The van der Waals surface area contributed by atoms with Gasteiger partial charge in [-0.1, -0.05) is 6.08 Å². The molecule has 70 valence electrons. The Morgan fingerprint density at radius 2 is 2.00 bits per heavy atom. The summed E-state index contributed by atoms with van der Waals surface area (Å²) in [5.74, 6) is -0.689. The Labute approximate surface area is 72.2 Å². The van der Waals surface area contributed by atoms with Gasteiger partial charge >= 0.3 is 6.98 Å². The smallest absolute Gasteiger partial charge is 0.445 e. The Bertz CT molecular complexity index is 321. The molecule has 0 amide bonds. The minimum atomic E-state index is -5.02. The van der Waals surface area contributed by atoms with E-state index >= 15 is 0 Å². The van der Waals surface area contributed by atoms with Crippen LogP contribution in [0, 0.1) is 5.82 Å². The topological polar surface area (TPSA) is 12.9 Å². The fourth-order valence-corrected chi connectivity index (χ4v) is 0.725. The third-order valence-electron chi connectivity index (χ3n) is 1.29. The number of halogens is 4. The van der Waals surface area contributed by atoms with Crippen LogP contribution in [0.2, 0.25) is 0 Å². The molecule has 0 bridgehead atoms. The fraction of sp³-hybridized carbons (Fsp3) is 0. The van der Waals surface area contributed by atoms with Gasteiger partial charge in [-0.15, -0.1) is 5.98 Å². The molecule has 0 unspecified atom stereocenters. The summed E-state index contributed by atoms with van der Waals surface area (Å²) >= 11 is 0. The molecule has 0 atom stereocenters. The first-order valence-electron chi connectivity index (χ1n) is 3.48. The van der Waals surface area contributed by atoms with Crippen molar-refractivity contribution in [2.45, 2.75) is 0 Å². The van der Waals surface area contributed by atoms with Gasteiger partial charge in [0, 0.05) is 18.0 Å². The van der Waals surface area contributed by atoms with Crippen molar-refractivity contribution in [1.29, 1.82) is 0 Å². The van der Waals surface area contributed by atoms with Crippen LogP contribution in [0.5, 0.6) is 0 Å². The van der Waals surface area contributed by atoms with E-state index in [0.29, 0.717) is 6.08 Å². The van der Waals surface area contributed by atoms with E-state index in [2.05, 4.69) is 4.98 Å². The van der Waals surface area contributed by atoms with Crippen molar-refractivity contribution >= 4 is 13.1 Å². The van der Waals surface area contributed by atoms with Gasteiger partial charge in [0.05, 0.1) is 0 Å². The average molecular weight is 190 g/mol. The van der Waals surface area contributed by atoms with Gasteiger partial charge in [-0.2, -0.15) is 0 Å². The molecule has 0 saturated heterocycles. The number of aromatic nitrogens is 1. The van der Waals surface area contributed by atoms with Crippen LogP contribution in [0.15, 0.2) is 24.4 Å². The minimum absolute atomic E-state index is 0.0279. The molecule has 1 heterocycles. The summed E-state index contributed by atoms with van der Waals surface area (Å²) in [5, 5.41) is 0. The highest BCUT2D eigenvalue weighted by atomic mass is 19.4. The summed E-state index contributed by atoms with van der Waals surface area (Å²) < 4.78 is 47.8. The predicted octanol–water partition coefficient (Wildman–Crippen LogP) is 2.62. The van der Waals surface area contributed by atoms with Crippen LogP contribution in [-0.2, 0) is 0 Å². The Kier molecular flexibility index (Phi) is 2.70. The maximum absolute atomic E-state index is 12.7. The predicted molar refractivity (Wildman–Crippen MR) is 42.3 cm³/mol. The maximum Gasteiger partial charge on any atom is 0.502 e. The monoisotopic (exact) mass is 190 g/mol. The highest BCUT2D eigenvalue weighted by Crippen LogP contribution is 2.13. The van der Waals surface area contributed by atoms with Gasteiger partial charge in [0.15, 0.2) is 0 Å². The van der Waals surface area contributed by atoms with E-state index in [0.717, 1.165) is 12.3 Å². The van der Waals surface area contributed by atoms with Crippen LogP contribution >= 0.6 is 0 Å². The largest absolute Gasteiger partial charge is 0.502 e. The van der Waals surface area contributed by atoms with Crippen molar-refractivity contribution in [3.05, 3.63) is 35.8 Å². The summed E-state index contributed by atoms with van der Waals surface area (Å²) in [7, 11) is 0. The number of hydrogen-bond donors (Lipinski definition) is 0. The van der Waals surface area contributed by atoms with Gasteiger partial charge < -0.3 is 12.9 Å². The molecule has 1 aromatic heterocycles. The maximum atomic E-state index is 12.7. The van der Waals surface area contributed by atoms with Crippen LogP contribution in [0.3, 0.4) is 0 Å². The SMILES string of the molecule is Fc1ccncc1/C=C/[B-](F)(F)F. The lowest BCUT2D eigenvalue weighted by atomic mass is 9.91.